The highest BCUT2D eigenvalue weighted by atomic mass is 16.5. The molecule has 0 fully saturated rings. The molecule has 0 aliphatic carbocycles. The lowest BCUT2D eigenvalue weighted by molar-refractivity contribution is -0.137. The molecule has 1 aliphatic heterocycles. The van der Waals surface area contributed by atoms with Gasteiger partial charge in [0.25, 0.3) is 5.91 Å². The highest BCUT2D eigenvalue weighted by Crippen LogP contribution is 2.43. The van der Waals surface area contributed by atoms with Crippen LogP contribution in [0.2, 0.25) is 0 Å². The highest BCUT2D eigenvalue weighted by Gasteiger charge is 2.41. The molecule has 1 aromatic heterocycles. The van der Waals surface area contributed by atoms with Crippen LogP contribution in [0.5, 0.6) is 11.5 Å². The second kappa shape index (κ2) is 9.52. The van der Waals surface area contributed by atoms with E-state index < -0.39 is 17.6 Å². The number of rotatable bonds is 6. The molecule has 0 spiro atoms. The Morgan fingerprint density at radius 1 is 1.11 bits per heavy atom. The van der Waals surface area contributed by atoms with Crippen LogP contribution in [0, 0.1) is 20.8 Å². The number of aromatic hydroxyl groups is 1. The standard InChI is InChI=1S/C30H31N3O5/c1-17-18(2)28-22(19(3)27(17)36)12-13-30(4,38-28)29(37)32-21-10-11-23-25(14-21)33(16-31-23)24(15-26(34)35)20-8-6-5-7-9-20/h5-11,14,16,24,36H,12-13,15H2,1-4H3,(H,32,37)(H,34,35). The van der Waals surface area contributed by atoms with Crippen molar-refractivity contribution in [2.75, 3.05) is 5.32 Å². The number of hydrogen-bond donors (Lipinski definition) is 3. The Labute approximate surface area is 220 Å². The largest absolute Gasteiger partial charge is 0.507 e. The van der Waals surface area contributed by atoms with E-state index in [9.17, 15) is 19.8 Å². The Hall–Kier alpha value is -4.33. The number of fused-ring (bicyclic) bond motifs is 2. The molecule has 4 aromatic rings. The van der Waals surface area contributed by atoms with Gasteiger partial charge in [-0.2, -0.15) is 0 Å². The lowest BCUT2D eigenvalue weighted by atomic mass is 9.86. The summed E-state index contributed by atoms with van der Waals surface area (Å²) >= 11 is 0. The first-order valence-electron chi connectivity index (χ1n) is 12.6. The number of nitrogens with zero attached hydrogens (tertiary/aromatic N) is 2. The highest BCUT2D eigenvalue weighted by molar-refractivity contribution is 5.99. The molecular formula is C30H31N3O5. The molecule has 196 valence electrons. The molecule has 0 bridgehead atoms. The van der Waals surface area contributed by atoms with Crippen LogP contribution in [0.15, 0.2) is 54.9 Å². The van der Waals surface area contributed by atoms with E-state index >= 15 is 0 Å². The molecule has 0 saturated heterocycles. The van der Waals surface area contributed by atoms with Crippen molar-refractivity contribution in [3.8, 4) is 11.5 Å². The molecule has 38 heavy (non-hydrogen) atoms. The maximum absolute atomic E-state index is 13.5. The number of nitrogens with one attached hydrogen (secondary N) is 1. The monoisotopic (exact) mass is 513 g/mol. The predicted molar refractivity (Wildman–Crippen MR) is 145 cm³/mol. The number of phenolic OH excluding ortho intramolecular Hbond substituents is 1. The summed E-state index contributed by atoms with van der Waals surface area (Å²) in [4.78, 5) is 29.7. The molecule has 8 nitrogen and oxygen atoms in total. The van der Waals surface area contributed by atoms with Gasteiger partial charge in [-0.15, -0.1) is 0 Å². The minimum absolute atomic E-state index is 0.106. The average Bonchev–Trinajstić information content (AvgIpc) is 3.32. The van der Waals surface area contributed by atoms with E-state index in [1.807, 2.05) is 67.8 Å². The Bertz CT molecular complexity index is 1560. The van der Waals surface area contributed by atoms with Crippen molar-refractivity contribution in [3.05, 3.63) is 82.7 Å². The zero-order valence-corrected chi connectivity index (χ0v) is 21.9. The summed E-state index contributed by atoms with van der Waals surface area (Å²) in [7, 11) is 0. The Balaban J connectivity index is 1.45. The summed E-state index contributed by atoms with van der Waals surface area (Å²) in [5.41, 5.74) is 5.05. The summed E-state index contributed by atoms with van der Waals surface area (Å²) in [6, 6.07) is 14.4. The molecular weight excluding hydrogens is 482 g/mol. The van der Waals surface area contributed by atoms with Crippen LogP contribution in [0.4, 0.5) is 5.69 Å². The summed E-state index contributed by atoms with van der Waals surface area (Å²) in [6.07, 6.45) is 2.61. The number of aliphatic carboxylic acids is 1. The van der Waals surface area contributed by atoms with E-state index in [0.717, 1.165) is 33.3 Å². The summed E-state index contributed by atoms with van der Waals surface area (Å²) in [5, 5.41) is 23.0. The number of anilines is 1. The van der Waals surface area contributed by atoms with E-state index in [-0.39, 0.29) is 18.1 Å². The lowest BCUT2D eigenvalue weighted by Crippen LogP contribution is -2.48. The van der Waals surface area contributed by atoms with Crippen molar-refractivity contribution in [2.45, 2.75) is 58.6 Å². The number of carboxylic acids is 1. The van der Waals surface area contributed by atoms with Crippen molar-refractivity contribution in [3.63, 3.8) is 0 Å². The van der Waals surface area contributed by atoms with Crippen molar-refractivity contribution < 1.29 is 24.5 Å². The third-order valence-electron chi connectivity index (χ3n) is 7.72. The topological polar surface area (TPSA) is 114 Å². The first-order valence-corrected chi connectivity index (χ1v) is 12.6. The van der Waals surface area contributed by atoms with Gasteiger partial charge in [0, 0.05) is 17.7 Å². The third kappa shape index (κ3) is 4.36. The van der Waals surface area contributed by atoms with Gasteiger partial charge in [-0.3, -0.25) is 9.59 Å². The molecule has 0 radical (unpaired) electrons. The van der Waals surface area contributed by atoms with Crippen LogP contribution < -0.4 is 10.1 Å². The number of ether oxygens (including phenoxy) is 1. The Morgan fingerprint density at radius 2 is 1.84 bits per heavy atom. The van der Waals surface area contributed by atoms with Crippen LogP contribution in [0.3, 0.4) is 0 Å². The number of carboxylic acid groups (broad SMARTS) is 1. The van der Waals surface area contributed by atoms with E-state index in [4.69, 9.17) is 4.74 Å². The first kappa shape index (κ1) is 25.3. The van der Waals surface area contributed by atoms with Gasteiger partial charge in [-0.05, 0) is 74.6 Å². The average molecular weight is 514 g/mol. The van der Waals surface area contributed by atoms with Gasteiger partial charge >= 0.3 is 5.97 Å². The quantitative estimate of drug-likeness (QED) is 0.316. The SMILES string of the molecule is Cc1c(C)c2c(c(C)c1O)CCC(C)(C(=O)Nc1ccc3ncn(C(CC(=O)O)c4ccccc4)c3c1)O2. The van der Waals surface area contributed by atoms with Gasteiger partial charge in [-0.1, -0.05) is 30.3 Å². The number of carbonyl (C=O) groups is 2. The van der Waals surface area contributed by atoms with Gasteiger partial charge in [0.05, 0.1) is 29.8 Å². The van der Waals surface area contributed by atoms with Crippen LogP contribution in [0.25, 0.3) is 11.0 Å². The van der Waals surface area contributed by atoms with Crippen LogP contribution in [0.1, 0.15) is 53.6 Å². The third-order valence-corrected chi connectivity index (χ3v) is 7.72. The molecule has 5 rings (SSSR count). The zero-order chi connectivity index (χ0) is 27.2. The first-order chi connectivity index (χ1) is 18.1. The Morgan fingerprint density at radius 3 is 2.55 bits per heavy atom. The van der Waals surface area contributed by atoms with Crippen LogP contribution in [-0.4, -0.2) is 37.2 Å². The maximum atomic E-state index is 13.5. The minimum atomic E-state index is -1.10. The number of amides is 1. The number of imidazole rings is 1. The fourth-order valence-electron chi connectivity index (χ4n) is 5.24. The van der Waals surface area contributed by atoms with Crippen LogP contribution >= 0.6 is 0 Å². The molecule has 1 amide bonds. The zero-order valence-electron chi connectivity index (χ0n) is 21.9. The van der Waals surface area contributed by atoms with Crippen molar-refractivity contribution in [1.82, 2.24) is 9.55 Å². The Kier molecular flexibility index (Phi) is 6.34. The predicted octanol–water partition coefficient (Wildman–Crippen LogP) is 5.45. The summed E-state index contributed by atoms with van der Waals surface area (Å²) in [5.74, 6) is -0.252. The van der Waals surface area contributed by atoms with E-state index in [0.29, 0.717) is 29.8 Å². The minimum Gasteiger partial charge on any atom is -0.507 e. The molecule has 3 aromatic carbocycles. The summed E-state index contributed by atoms with van der Waals surface area (Å²) in [6.45, 7) is 7.40. The second-order valence-corrected chi connectivity index (χ2v) is 10.2. The number of benzene rings is 3. The van der Waals surface area contributed by atoms with Crippen molar-refractivity contribution in [1.29, 1.82) is 0 Å². The number of aromatic nitrogens is 2. The maximum Gasteiger partial charge on any atom is 0.305 e. The fourth-order valence-corrected chi connectivity index (χ4v) is 5.24. The van der Waals surface area contributed by atoms with E-state index in [1.165, 1.54) is 0 Å². The van der Waals surface area contributed by atoms with E-state index in [2.05, 4.69) is 10.3 Å². The molecule has 2 heterocycles. The van der Waals surface area contributed by atoms with Crippen LogP contribution in [-0.2, 0) is 16.0 Å². The molecule has 1 aliphatic rings. The van der Waals surface area contributed by atoms with Crippen molar-refractivity contribution in [2.24, 2.45) is 0 Å². The molecule has 3 N–H and O–H groups in total. The summed E-state index contributed by atoms with van der Waals surface area (Å²) < 4.78 is 8.17. The molecule has 2 unspecified atom stereocenters. The smallest absolute Gasteiger partial charge is 0.305 e. The molecule has 8 heteroatoms. The van der Waals surface area contributed by atoms with Gasteiger partial charge in [-0.25, -0.2) is 4.98 Å². The number of carbonyl (C=O) groups excluding carboxylic acids is 1. The van der Waals surface area contributed by atoms with Gasteiger partial charge in [0.15, 0.2) is 5.60 Å². The molecule has 0 saturated carbocycles. The van der Waals surface area contributed by atoms with Gasteiger partial charge in [0.1, 0.15) is 11.5 Å². The lowest BCUT2D eigenvalue weighted by Gasteiger charge is -2.36. The fraction of sp³-hybridized carbons (Fsp3) is 0.300. The number of hydrogen-bond acceptors (Lipinski definition) is 5. The van der Waals surface area contributed by atoms with Crippen molar-refractivity contribution >= 4 is 28.6 Å². The van der Waals surface area contributed by atoms with Gasteiger partial charge in [0.2, 0.25) is 0 Å². The normalized spacial score (nSPS) is 17.5. The van der Waals surface area contributed by atoms with Gasteiger partial charge < -0.3 is 24.8 Å². The molecule has 2 atom stereocenters. The number of phenols is 1. The van der Waals surface area contributed by atoms with E-state index in [1.54, 1.807) is 19.3 Å². The second-order valence-electron chi connectivity index (χ2n) is 10.2.